The third kappa shape index (κ3) is 4.19. The molecule has 154 valence electrons. The average molecular weight is 423 g/mol. The van der Waals surface area contributed by atoms with Gasteiger partial charge in [-0.3, -0.25) is 4.79 Å². The normalized spacial score (nSPS) is 14.5. The number of anilines is 1. The predicted octanol–water partition coefficient (Wildman–Crippen LogP) is 3.90. The lowest BCUT2D eigenvalue weighted by Crippen LogP contribution is -2.48. The Morgan fingerprint density at radius 2 is 1.67 bits per heavy atom. The summed E-state index contributed by atoms with van der Waals surface area (Å²) in [6, 6.07) is 16.8. The maximum atomic E-state index is 12.7. The number of piperazine rings is 1. The van der Waals surface area contributed by atoms with E-state index >= 15 is 0 Å². The Balaban J connectivity index is 1.41. The third-order valence-corrected chi connectivity index (χ3v) is 5.61. The molecule has 7 heteroatoms. The van der Waals surface area contributed by atoms with Gasteiger partial charge in [0.05, 0.1) is 11.4 Å². The van der Waals surface area contributed by atoms with Gasteiger partial charge < -0.3 is 14.9 Å². The maximum Gasteiger partial charge on any atom is 0.246 e. The maximum absolute atomic E-state index is 12.7. The van der Waals surface area contributed by atoms with Crippen LogP contribution < -0.4 is 4.90 Å². The Bertz CT molecular complexity index is 1050. The molecule has 1 saturated heterocycles. The van der Waals surface area contributed by atoms with E-state index in [4.69, 9.17) is 11.6 Å². The van der Waals surface area contributed by atoms with Crippen LogP contribution in [0.4, 0.5) is 5.69 Å². The lowest BCUT2D eigenvalue weighted by molar-refractivity contribution is -0.126. The van der Waals surface area contributed by atoms with Crippen LogP contribution in [0.3, 0.4) is 0 Å². The quantitative estimate of drug-likeness (QED) is 0.648. The Kier molecular flexibility index (Phi) is 5.77. The van der Waals surface area contributed by atoms with Gasteiger partial charge in [-0.1, -0.05) is 29.8 Å². The van der Waals surface area contributed by atoms with Crippen LogP contribution in [0.15, 0.2) is 60.7 Å². The Hall–Kier alpha value is -3.25. The van der Waals surface area contributed by atoms with Gasteiger partial charge in [-0.05, 0) is 49.4 Å². The van der Waals surface area contributed by atoms with Crippen LogP contribution in [0.2, 0.25) is 5.15 Å². The number of nitrogens with zero attached hydrogens (tertiary/aromatic N) is 4. The van der Waals surface area contributed by atoms with Crippen LogP contribution in [-0.2, 0) is 4.79 Å². The minimum Gasteiger partial charge on any atom is -0.508 e. The van der Waals surface area contributed by atoms with Gasteiger partial charge in [0, 0.05) is 43.5 Å². The first-order chi connectivity index (χ1) is 14.5. The topological polar surface area (TPSA) is 61.6 Å². The number of carbonyl (C=O) groups is 1. The molecule has 0 atom stereocenters. The van der Waals surface area contributed by atoms with Crippen LogP contribution >= 0.6 is 11.6 Å². The van der Waals surface area contributed by atoms with Gasteiger partial charge in [0.2, 0.25) is 5.91 Å². The molecule has 0 aliphatic carbocycles. The first-order valence-electron chi connectivity index (χ1n) is 9.84. The molecule has 2 heterocycles. The molecule has 1 aliphatic rings. The highest BCUT2D eigenvalue weighted by Gasteiger charge is 2.20. The summed E-state index contributed by atoms with van der Waals surface area (Å²) >= 11 is 6.53. The molecule has 4 rings (SSSR count). The van der Waals surface area contributed by atoms with E-state index in [0.717, 1.165) is 35.7 Å². The van der Waals surface area contributed by atoms with Crippen molar-refractivity contribution in [2.24, 2.45) is 0 Å². The van der Waals surface area contributed by atoms with Crippen molar-refractivity contribution in [3.63, 3.8) is 0 Å². The summed E-state index contributed by atoms with van der Waals surface area (Å²) in [6.45, 7) is 4.65. The van der Waals surface area contributed by atoms with E-state index in [9.17, 15) is 9.90 Å². The number of amides is 1. The van der Waals surface area contributed by atoms with Crippen LogP contribution in [0.1, 0.15) is 11.3 Å². The van der Waals surface area contributed by atoms with Gasteiger partial charge in [-0.25, -0.2) is 4.68 Å². The van der Waals surface area contributed by atoms with Crippen LogP contribution in [-0.4, -0.2) is 51.9 Å². The molecule has 0 radical (unpaired) electrons. The largest absolute Gasteiger partial charge is 0.508 e. The van der Waals surface area contributed by atoms with Gasteiger partial charge in [-0.15, -0.1) is 0 Å². The number of aromatic hydroxyl groups is 1. The van der Waals surface area contributed by atoms with Gasteiger partial charge in [0.25, 0.3) is 0 Å². The summed E-state index contributed by atoms with van der Waals surface area (Å²) in [5.74, 6) is 0.213. The number of carbonyl (C=O) groups excluding carboxylic acids is 1. The van der Waals surface area contributed by atoms with Crippen molar-refractivity contribution in [2.75, 3.05) is 31.1 Å². The molecule has 0 spiro atoms. The van der Waals surface area contributed by atoms with E-state index in [0.29, 0.717) is 18.2 Å². The highest BCUT2D eigenvalue weighted by molar-refractivity contribution is 6.31. The zero-order valence-electron chi connectivity index (χ0n) is 16.7. The molecular formula is C23H23ClN4O2. The van der Waals surface area contributed by atoms with E-state index in [1.807, 2.05) is 54.3 Å². The summed E-state index contributed by atoms with van der Waals surface area (Å²) < 4.78 is 1.68. The highest BCUT2D eigenvalue weighted by Crippen LogP contribution is 2.25. The van der Waals surface area contributed by atoms with Gasteiger partial charge in [0.1, 0.15) is 10.9 Å². The summed E-state index contributed by atoms with van der Waals surface area (Å²) in [5.41, 5.74) is 3.44. The second kappa shape index (κ2) is 8.63. The van der Waals surface area contributed by atoms with Crippen molar-refractivity contribution in [1.82, 2.24) is 14.7 Å². The summed E-state index contributed by atoms with van der Waals surface area (Å²) in [4.78, 5) is 16.7. The number of aryl methyl sites for hydroxylation is 1. The van der Waals surface area contributed by atoms with Crippen molar-refractivity contribution in [3.8, 4) is 11.4 Å². The number of para-hydroxylation sites is 1. The molecule has 0 unspecified atom stereocenters. The smallest absolute Gasteiger partial charge is 0.246 e. The van der Waals surface area contributed by atoms with Crippen molar-refractivity contribution in [3.05, 3.63) is 77.1 Å². The summed E-state index contributed by atoms with van der Waals surface area (Å²) in [6.07, 6.45) is 3.32. The molecule has 1 N–H and O–H groups in total. The molecule has 0 bridgehead atoms. The molecule has 1 amide bonds. The lowest BCUT2D eigenvalue weighted by Gasteiger charge is -2.35. The monoisotopic (exact) mass is 422 g/mol. The first-order valence-corrected chi connectivity index (χ1v) is 10.2. The molecule has 6 nitrogen and oxygen atoms in total. The molecule has 30 heavy (non-hydrogen) atoms. The van der Waals surface area contributed by atoms with Crippen molar-refractivity contribution < 1.29 is 9.90 Å². The van der Waals surface area contributed by atoms with Crippen molar-refractivity contribution >= 4 is 29.3 Å². The van der Waals surface area contributed by atoms with Gasteiger partial charge in [-0.2, -0.15) is 5.10 Å². The number of phenolic OH excluding ortho intramolecular Hbond substituents is 1. The fraction of sp³-hybridized carbons (Fsp3) is 0.217. The Morgan fingerprint density at radius 3 is 2.33 bits per heavy atom. The van der Waals surface area contributed by atoms with E-state index in [1.165, 1.54) is 0 Å². The second-order valence-corrected chi connectivity index (χ2v) is 7.56. The molecule has 0 saturated carbocycles. The standard InChI is InChI=1S/C23H23ClN4O2/c1-17-21(23(24)28(25-17)19-5-3-2-4-6-19)11-12-22(30)27-15-13-26(14-16-27)18-7-9-20(29)10-8-18/h2-12,29H,13-16H2,1H3/b12-11+. The molecule has 1 aromatic heterocycles. The fourth-order valence-electron chi connectivity index (χ4n) is 3.55. The zero-order valence-corrected chi connectivity index (χ0v) is 17.5. The van der Waals surface area contributed by atoms with E-state index in [2.05, 4.69) is 10.00 Å². The fourth-order valence-corrected chi connectivity index (χ4v) is 3.88. The minimum atomic E-state index is -0.0386. The first kappa shape index (κ1) is 20.0. The van der Waals surface area contributed by atoms with Crippen LogP contribution in [0.25, 0.3) is 11.8 Å². The number of hydrogen-bond donors (Lipinski definition) is 1. The highest BCUT2D eigenvalue weighted by atomic mass is 35.5. The van der Waals surface area contributed by atoms with E-state index < -0.39 is 0 Å². The molecule has 3 aromatic rings. The third-order valence-electron chi connectivity index (χ3n) is 5.25. The molecular weight excluding hydrogens is 400 g/mol. The summed E-state index contributed by atoms with van der Waals surface area (Å²) in [7, 11) is 0. The van der Waals surface area contributed by atoms with Crippen LogP contribution in [0, 0.1) is 6.92 Å². The number of benzene rings is 2. The Morgan fingerprint density at radius 1 is 1.00 bits per heavy atom. The number of rotatable bonds is 4. The molecule has 1 fully saturated rings. The molecule has 2 aromatic carbocycles. The van der Waals surface area contributed by atoms with Crippen molar-refractivity contribution in [1.29, 1.82) is 0 Å². The van der Waals surface area contributed by atoms with E-state index in [-0.39, 0.29) is 11.7 Å². The number of hydrogen-bond acceptors (Lipinski definition) is 4. The van der Waals surface area contributed by atoms with Crippen LogP contribution in [0.5, 0.6) is 5.75 Å². The number of phenols is 1. The predicted molar refractivity (Wildman–Crippen MR) is 119 cm³/mol. The molecule has 1 aliphatic heterocycles. The number of aromatic nitrogens is 2. The second-order valence-electron chi connectivity index (χ2n) is 7.20. The Labute approximate surface area is 180 Å². The van der Waals surface area contributed by atoms with E-state index in [1.54, 1.807) is 29.0 Å². The average Bonchev–Trinajstić information content (AvgIpc) is 3.06. The SMILES string of the molecule is Cc1nn(-c2ccccc2)c(Cl)c1/C=C/C(=O)N1CCN(c2ccc(O)cc2)CC1. The van der Waals surface area contributed by atoms with Crippen molar-refractivity contribution in [2.45, 2.75) is 6.92 Å². The van der Waals surface area contributed by atoms with Gasteiger partial charge >= 0.3 is 0 Å². The van der Waals surface area contributed by atoms with Gasteiger partial charge in [0.15, 0.2) is 0 Å². The lowest BCUT2D eigenvalue weighted by atomic mass is 10.2. The zero-order chi connectivity index (χ0) is 21.1. The minimum absolute atomic E-state index is 0.0386. The number of halogens is 1. The summed E-state index contributed by atoms with van der Waals surface area (Å²) in [5, 5.41) is 14.4.